The minimum atomic E-state index is -4.00. The van der Waals surface area contributed by atoms with Gasteiger partial charge in [-0.2, -0.15) is 0 Å². The Morgan fingerprint density at radius 2 is 0.558 bits per heavy atom. The van der Waals surface area contributed by atoms with E-state index < -0.39 is 10.4 Å². The molecule has 0 aliphatic rings. The highest BCUT2D eigenvalue weighted by Crippen LogP contribution is 2.15. The lowest BCUT2D eigenvalue weighted by atomic mass is 10.0. The molecule has 256 valence electrons. The Labute approximate surface area is 270 Å². The zero-order valence-electron chi connectivity index (χ0n) is 29.0. The number of hydrogen-bond donors (Lipinski definition) is 0. The van der Waals surface area contributed by atoms with Gasteiger partial charge in [0.2, 0.25) is 0 Å². The Morgan fingerprint density at radius 3 is 0.791 bits per heavy atom. The van der Waals surface area contributed by atoms with Gasteiger partial charge in [0.05, 0.1) is 0 Å². The maximum absolute atomic E-state index is 11.8. The van der Waals surface area contributed by atoms with Crippen LogP contribution in [0.3, 0.4) is 0 Å². The molecule has 0 aliphatic heterocycles. The summed E-state index contributed by atoms with van der Waals surface area (Å²) in [5.41, 5.74) is 0. The van der Waals surface area contributed by atoms with Gasteiger partial charge >= 0.3 is 10.4 Å². The van der Waals surface area contributed by atoms with Gasteiger partial charge in [-0.25, -0.2) is 0 Å². The standard InChI is InChI=1S/C38H74O4S/c1-3-5-7-9-11-13-15-17-19-21-23-25-27-29-31-33-35-37-41-43(39,40)42-38-36-34-32-30-28-26-24-22-20-18-16-14-12-10-8-6-4-2/h35-38H,3-34H2,1-2H3/b37-35+,38-36+. The zero-order chi connectivity index (χ0) is 31.4. The van der Waals surface area contributed by atoms with Gasteiger partial charge in [-0.1, -0.05) is 194 Å². The second-order valence-corrected chi connectivity index (χ2v) is 14.0. The van der Waals surface area contributed by atoms with Crippen molar-refractivity contribution in [3.63, 3.8) is 0 Å². The van der Waals surface area contributed by atoms with E-state index in [4.69, 9.17) is 8.37 Å². The van der Waals surface area contributed by atoms with Crippen molar-refractivity contribution in [1.29, 1.82) is 0 Å². The molecule has 0 spiro atoms. The van der Waals surface area contributed by atoms with Crippen LogP contribution in [0.4, 0.5) is 0 Å². The molecule has 0 aromatic rings. The fourth-order valence-corrected chi connectivity index (χ4v) is 6.12. The fraction of sp³-hybridized carbons (Fsp3) is 0.895. The number of rotatable bonds is 36. The van der Waals surface area contributed by atoms with Crippen molar-refractivity contribution in [3.05, 3.63) is 24.7 Å². The molecular formula is C38H74O4S. The summed E-state index contributed by atoms with van der Waals surface area (Å²) in [4.78, 5) is 0. The van der Waals surface area contributed by atoms with Crippen molar-refractivity contribution >= 4 is 10.4 Å². The molecule has 5 heteroatoms. The Morgan fingerprint density at radius 1 is 0.349 bits per heavy atom. The molecule has 0 amide bonds. The van der Waals surface area contributed by atoms with Crippen LogP contribution in [0.2, 0.25) is 0 Å². The second-order valence-electron chi connectivity index (χ2n) is 12.8. The van der Waals surface area contributed by atoms with Crippen molar-refractivity contribution in [2.24, 2.45) is 0 Å². The molecule has 0 fully saturated rings. The van der Waals surface area contributed by atoms with Crippen molar-refractivity contribution < 1.29 is 16.8 Å². The molecule has 0 unspecified atom stereocenters. The Kier molecular flexibility index (Phi) is 34.7. The third-order valence-electron chi connectivity index (χ3n) is 8.49. The summed E-state index contributed by atoms with van der Waals surface area (Å²) in [5, 5.41) is 0. The molecule has 0 aromatic carbocycles. The molecule has 0 bridgehead atoms. The summed E-state index contributed by atoms with van der Waals surface area (Å²) in [6.45, 7) is 4.55. The SMILES string of the molecule is CCCCCCCCCCCCCCCCC/C=C/OS(=O)(=O)O/C=C/CCCCCCCCCCCCCCCCC. The van der Waals surface area contributed by atoms with Gasteiger partial charge in [-0.15, -0.1) is 8.42 Å². The predicted molar refractivity (Wildman–Crippen MR) is 188 cm³/mol. The second kappa shape index (κ2) is 35.5. The van der Waals surface area contributed by atoms with Gasteiger partial charge in [0.15, 0.2) is 0 Å². The maximum Gasteiger partial charge on any atom is 0.499 e. The van der Waals surface area contributed by atoms with Crippen molar-refractivity contribution in [2.75, 3.05) is 0 Å². The van der Waals surface area contributed by atoms with E-state index in [2.05, 4.69) is 13.8 Å². The van der Waals surface area contributed by atoms with Crippen LogP contribution in [0, 0.1) is 0 Å². The summed E-state index contributed by atoms with van der Waals surface area (Å²) in [7, 11) is -4.00. The van der Waals surface area contributed by atoms with Crippen molar-refractivity contribution in [3.8, 4) is 0 Å². The van der Waals surface area contributed by atoms with E-state index >= 15 is 0 Å². The van der Waals surface area contributed by atoms with Crippen LogP contribution in [0.1, 0.15) is 219 Å². The molecule has 4 nitrogen and oxygen atoms in total. The zero-order valence-corrected chi connectivity index (χ0v) is 29.8. The van der Waals surface area contributed by atoms with Crippen LogP contribution in [-0.2, 0) is 18.8 Å². The van der Waals surface area contributed by atoms with E-state index in [-0.39, 0.29) is 0 Å². The van der Waals surface area contributed by atoms with Gasteiger partial charge in [0.1, 0.15) is 12.5 Å². The molecule has 0 atom stereocenters. The monoisotopic (exact) mass is 627 g/mol. The molecule has 0 N–H and O–H groups in total. The summed E-state index contributed by atoms with van der Waals surface area (Å²) < 4.78 is 33.3. The molecule has 0 saturated carbocycles. The first-order valence-electron chi connectivity index (χ1n) is 19.0. The minimum absolute atomic E-state index is 0.836. The van der Waals surface area contributed by atoms with Gasteiger partial charge in [-0.3, -0.25) is 0 Å². The Bertz CT molecular complexity index is 634. The third kappa shape index (κ3) is 37.1. The van der Waals surface area contributed by atoms with Gasteiger partial charge < -0.3 is 8.37 Å². The molecule has 0 heterocycles. The topological polar surface area (TPSA) is 52.6 Å². The van der Waals surface area contributed by atoms with Gasteiger partial charge in [0, 0.05) is 0 Å². The fourth-order valence-electron chi connectivity index (χ4n) is 5.64. The van der Waals surface area contributed by atoms with E-state index in [1.807, 2.05) is 0 Å². The first kappa shape index (κ1) is 42.0. The van der Waals surface area contributed by atoms with Gasteiger partial charge in [-0.05, 0) is 37.8 Å². The molecule has 0 saturated heterocycles. The van der Waals surface area contributed by atoms with E-state index in [1.54, 1.807) is 12.2 Å². The summed E-state index contributed by atoms with van der Waals surface area (Å²) >= 11 is 0. The molecule has 0 radical (unpaired) electrons. The van der Waals surface area contributed by atoms with E-state index in [1.165, 1.54) is 192 Å². The summed E-state index contributed by atoms with van der Waals surface area (Å²) in [6.07, 6.45) is 48.1. The summed E-state index contributed by atoms with van der Waals surface area (Å²) in [5.74, 6) is 0. The molecule has 0 aromatic heterocycles. The van der Waals surface area contributed by atoms with Crippen LogP contribution in [0.5, 0.6) is 0 Å². The number of unbranched alkanes of at least 4 members (excludes halogenated alkanes) is 30. The Balaban J connectivity index is 3.40. The summed E-state index contributed by atoms with van der Waals surface area (Å²) in [6, 6.07) is 0. The van der Waals surface area contributed by atoms with Crippen LogP contribution >= 0.6 is 0 Å². The molecule has 0 rings (SSSR count). The normalized spacial score (nSPS) is 12.1. The van der Waals surface area contributed by atoms with E-state index in [0.29, 0.717) is 0 Å². The van der Waals surface area contributed by atoms with Crippen LogP contribution in [0.15, 0.2) is 24.7 Å². The lowest BCUT2D eigenvalue weighted by Crippen LogP contribution is -2.02. The maximum atomic E-state index is 11.8. The molecule has 43 heavy (non-hydrogen) atoms. The third-order valence-corrected chi connectivity index (χ3v) is 9.18. The Hall–Kier alpha value is -0.970. The number of hydrogen-bond acceptors (Lipinski definition) is 4. The largest absolute Gasteiger partial charge is 0.499 e. The highest BCUT2D eigenvalue weighted by Gasteiger charge is 2.07. The van der Waals surface area contributed by atoms with E-state index in [9.17, 15) is 8.42 Å². The quantitative estimate of drug-likeness (QED) is 0.0513. The van der Waals surface area contributed by atoms with Crippen LogP contribution in [-0.4, -0.2) is 8.42 Å². The van der Waals surface area contributed by atoms with E-state index in [0.717, 1.165) is 25.7 Å². The average Bonchev–Trinajstić information content (AvgIpc) is 3.00. The van der Waals surface area contributed by atoms with Crippen molar-refractivity contribution in [1.82, 2.24) is 0 Å². The molecular weight excluding hydrogens is 552 g/mol. The lowest BCUT2D eigenvalue weighted by molar-refractivity contribution is 0.334. The highest BCUT2D eigenvalue weighted by atomic mass is 32.3. The predicted octanol–water partition coefficient (Wildman–Crippen LogP) is 13.8. The number of allylic oxidation sites excluding steroid dienone is 2. The van der Waals surface area contributed by atoms with Crippen molar-refractivity contribution in [2.45, 2.75) is 219 Å². The first-order valence-corrected chi connectivity index (χ1v) is 20.4. The highest BCUT2D eigenvalue weighted by molar-refractivity contribution is 7.82. The lowest BCUT2D eigenvalue weighted by Gasteiger charge is -2.03. The minimum Gasteiger partial charge on any atom is -0.361 e. The molecule has 0 aliphatic carbocycles. The van der Waals surface area contributed by atoms with Crippen LogP contribution < -0.4 is 0 Å². The average molecular weight is 627 g/mol. The smallest absolute Gasteiger partial charge is 0.361 e. The van der Waals surface area contributed by atoms with Crippen LogP contribution in [0.25, 0.3) is 0 Å². The van der Waals surface area contributed by atoms with Gasteiger partial charge in [0.25, 0.3) is 0 Å². The first-order chi connectivity index (χ1) is 21.1.